The number of benzene rings is 1. The minimum atomic E-state index is -3.49. The molecule has 2 aromatic rings. The lowest BCUT2D eigenvalue weighted by molar-refractivity contribution is 0.390. The third kappa shape index (κ3) is 2.89. The first-order valence-corrected chi connectivity index (χ1v) is 8.72. The predicted molar refractivity (Wildman–Crippen MR) is 84.2 cm³/mol. The van der Waals surface area contributed by atoms with Crippen LogP contribution < -0.4 is 4.74 Å². The van der Waals surface area contributed by atoms with Gasteiger partial charge < -0.3 is 9.30 Å². The van der Waals surface area contributed by atoms with Crippen molar-refractivity contribution < 1.29 is 13.2 Å². The summed E-state index contributed by atoms with van der Waals surface area (Å²) in [5, 5.41) is 0. The van der Waals surface area contributed by atoms with Gasteiger partial charge >= 0.3 is 0 Å². The van der Waals surface area contributed by atoms with Crippen LogP contribution in [0.15, 0.2) is 47.5 Å². The maximum atomic E-state index is 12.9. The molecule has 0 radical (unpaired) electrons. The first-order valence-electron chi connectivity index (χ1n) is 7.28. The Hall–Kier alpha value is -1.79. The van der Waals surface area contributed by atoms with Crippen LogP contribution in [0.25, 0.3) is 0 Å². The SMILES string of the molecule is COc1ccc(S(=O)(=O)N(Cc2cccn2C)C2CC2)cc1. The Morgan fingerprint density at radius 3 is 2.41 bits per heavy atom. The van der Waals surface area contributed by atoms with Crippen LogP contribution in [-0.2, 0) is 23.6 Å². The molecule has 6 heteroatoms. The molecule has 5 nitrogen and oxygen atoms in total. The van der Waals surface area contributed by atoms with Gasteiger partial charge in [-0.05, 0) is 49.2 Å². The first-order chi connectivity index (χ1) is 10.5. The predicted octanol–water partition coefficient (Wildman–Crippen LogP) is 2.39. The zero-order valence-corrected chi connectivity index (χ0v) is 13.6. The second-order valence-electron chi connectivity index (χ2n) is 5.57. The highest BCUT2D eigenvalue weighted by atomic mass is 32.2. The van der Waals surface area contributed by atoms with E-state index in [1.807, 2.05) is 29.9 Å². The Kier molecular flexibility index (Phi) is 3.97. The summed E-state index contributed by atoms with van der Waals surface area (Å²) in [5.41, 5.74) is 0.990. The molecule has 0 atom stereocenters. The molecule has 118 valence electrons. The largest absolute Gasteiger partial charge is 0.497 e. The van der Waals surface area contributed by atoms with Crippen LogP contribution in [0.2, 0.25) is 0 Å². The zero-order valence-electron chi connectivity index (χ0n) is 12.8. The molecule has 0 unspecified atom stereocenters. The van der Waals surface area contributed by atoms with E-state index in [1.165, 1.54) is 0 Å². The standard InChI is InChI=1S/C16H20N2O3S/c1-17-11-3-4-14(17)12-18(13-5-6-13)22(19,20)16-9-7-15(21-2)8-10-16/h3-4,7-11,13H,5-6,12H2,1-2H3. The molecule has 0 amide bonds. The monoisotopic (exact) mass is 320 g/mol. The maximum absolute atomic E-state index is 12.9. The molecular formula is C16H20N2O3S. The number of ether oxygens (including phenoxy) is 1. The topological polar surface area (TPSA) is 51.5 Å². The van der Waals surface area contributed by atoms with Crippen LogP contribution in [0.3, 0.4) is 0 Å². The fourth-order valence-electron chi connectivity index (χ4n) is 2.48. The number of sulfonamides is 1. The quantitative estimate of drug-likeness (QED) is 0.821. The van der Waals surface area contributed by atoms with Gasteiger partial charge in [0, 0.05) is 25.0 Å². The van der Waals surface area contributed by atoms with E-state index in [2.05, 4.69) is 0 Å². The van der Waals surface area contributed by atoms with Crippen LogP contribution in [0.1, 0.15) is 18.5 Å². The van der Waals surface area contributed by atoms with Crippen molar-refractivity contribution in [2.75, 3.05) is 7.11 Å². The van der Waals surface area contributed by atoms with Crippen molar-refractivity contribution in [1.82, 2.24) is 8.87 Å². The van der Waals surface area contributed by atoms with Crippen molar-refractivity contribution in [3.05, 3.63) is 48.3 Å². The Labute approximate surface area is 131 Å². The van der Waals surface area contributed by atoms with Crippen molar-refractivity contribution in [3.8, 4) is 5.75 Å². The molecule has 1 aliphatic carbocycles. The van der Waals surface area contributed by atoms with Crippen molar-refractivity contribution in [1.29, 1.82) is 0 Å². The molecular weight excluding hydrogens is 300 g/mol. The van der Waals surface area contributed by atoms with Gasteiger partial charge in [0.05, 0.1) is 18.6 Å². The molecule has 0 spiro atoms. The molecule has 0 N–H and O–H groups in total. The summed E-state index contributed by atoms with van der Waals surface area (Å²) in [5.74, 6) is 0.652. The summed E-state index contributed by atoms with van der Waals surface area (Å²) < 4.78 is 34.5. The van der Waals surface area contributed by atoms with E-state index in [1.54, 1.807) is 35.7 Å². The first kappa shape index (κ1) is 15.1. The van der Waals surface area contributed by atoms with Crippen molar-refractivity contribution >= 4 is 10.0 Å². The van der Waals surface area contributed by atoms with Gasteiger partial charge in [-0.1, -0.05) is 0 Å². The molecule has 0 saturated heterocycles. The van der Waals surface area contributed by atoms with Crippen molar-refractivity contribution in [2.24, 2.45) is 7.05 Å². The second kappa shape index (κ2) is 5.78. The van der Waals surface area contributed by atoms with Crippen LogP contribution in [0, 0.1) is 0 Å². The van der Waals surface area contributed by atoms with E-state index in [-0.39, 0.29) is 6.04 Å². The Morgan fingerprint density at radius 2 is 1.91 bits per heavy atom. The second-order valence-corrected chi connectivity index (χ2v) is 7.46. The summed E-state index contributed by atoms with van der Waals surface area (Å²) in [6.07, 6.45) is 3.79. The van der Waals surface area contributed by atoms with E-state index in [9.17, 15) is 8.42 Å². The summed E-state index contributed by atoms with van der Waals surface area (Å²) in [6.45, 7) is 0.405. The lowest BCUT2D eigenvalue weighted by Gasteiger charge is -2.22. The van der Waals surface area contributed by atoms with Gasteiger partial charge in [-0.3, -0.25) is 0 Å². The maximum Gasteiger partial charge on any atom is 0.243 e. The van der Waals surface area contributed by atoms with E-state index in [4.69, 9.17) is 4.74 Å². The van der Waals surface area contributed by atoms with Gasteiger partial charge in [0.2, 0.25) is 10.0 Å². The normalized spacial score (nSPS) is 15.2. The van der Waals surface area contributed by atoms with Crippen molar-refractivity contribution in [2.45, 2.75) is 30.3 Å². The number of hydrogen-bond acceptors (Lipinski definition) is 3. The average molecular weight is 320 g/mol. The molecule has 1 aliphatic rings. The van der Waals surface area contributed by atoms with Gasteiger partial charge in [-0.15, -0.1) is 0 Å². The Balaban J connectivity index is 1.90. The molecule has 22 heavy (non-hydrogen) atoms. The number of rotatable bonds is 6. The highest BCUT2D eigenvalue weighted by molar-refractivity contribution is 7.89. The van der Waals surface area contributed by atoms with Gasteiger partial charge in [0.1, 0.15) is 5.75 Å². The Bertz CT molecular complexity index is 746. The van der Waals surface area contributed by atoms with Crippen LogP contribution in [0.4, 0.5) is 0 Å². The minimum absolute atomic E-state index is 0.113. The summed E-state index contributed by atoms with van der Waals surface area (Å²) >= 11 is 0. The van der Waals surface area contributed by atoms with Crippen LogP contribution in [-0.4, -0.2) is 30.4 Å². The summed E-state index contributed by atoms with van der Waals surface area (Å²) in [7, 11) is 0.00465. The number of methoxy groups -OCH3 is 1. The highest BCUT2D eigenvalue weighted by Gasteiger charge is 2.38. The molecule has 1 heterocycles. The smallest absolute Gasteiger partial charge is 0.243 e. The van der Waals surface area contributed by atoms with E-state index in [0.717, 1.165) is 18.5 Å². The number of hydrogen-bond donors (Lipinski definition) is 0. The number of nitrogens with zero attached hydrogens (tertiary/aromatic N) is 2. The van der Waals surface area contributed by atoms with Gasteiger partial charge in [0.25, 0.3) is 0 Å². The average Bonchev–Trinajstić information content (AvgIpc) is 3.27. The Morgan fingerprint density at radius 1 is 1.23 bits per heavy atom. The number of aromatic nitrogens is 1. The third-order valence-corrected chi connectivity index (χ3v) is 5.90. The third-order valence-electron chi connectivity index (χ3n) is 3.99. The van der Waals surface area contributed by atoms with E-state index >= 15 is 0 Å². The lowest BCUT2D eigenvalue weighted by Crippen LogP contribution is -2.33. The van der Waals surface area contributed by atoms with Gasteiger partial charge in [-0.25, -0.2) is 8.42 Å². The lowest BCUT2D eigenvalue weighted by atomic mass is 10.3. The molecule has 0 bridgehead atoms. The van der Waals surface area contributed by atoms with Crippen molar-refractivity contribution in [3.63, 3.8) is 0 Å². The molecule has 3 rings (SSSR count). The highest BCUT2D eigenvalue weighted by Crippen LogP contribution is 2.33. The minimum Gasteiger partial charge on any atom is -0.497 e. The van der Waals surface area contributed by atoms with E-state index in [0.29, 0.717) is 17.2 Å². The summed E-state index contributed by atoms with van der Waals surface area (Å²) in [4.78, 5) is 0.314. The van der Waals surface area contributed by atoms with Crippen LogP contribution >= 0.6 is 0 Å². The zero-order chi connectivity index (χ0) is 15.7. The molecule has 1 aromatic carbocycles. The van der Waals surface area contributed by atoms with Gasteiger partial charge in [-0.2, -0.15) is 4.31 Å². The van der Waals surface area contributed by atoms with Gasteiger partial charge in [0.15, 0.2) is 0 Å². The molecule has 1 fully saturated rings. The molecule has 1 saturated carbocycles. The fraction of sp³-hybridized carbons (Fsp3) is 0.375. The summed E-state index contributed by atoms with van der Waals surface area (Å²) in [6, 6.07) is 10.6. The van der Waals surface area contributed by atoms with E-state index < -0.39 is 10.0 Å². The molecule has 0 aliphatic heterocycles. The fourth-order valence-corrected chi connectivity index (χ4v) is 4.13. The molecule has 1 aromatic heterocycles. The van der Waals surface area contributed by atoms with Crippen LogP contribution in [0.5, 0.6) is 5.75 Å². The number of aryl methyl sites for hydroxylation is 1.